The fourth-order valence-electron chi connectivity index (χ4n) is 10.3. The molecule has 6 aliphatic rings. The molecular formula is C51H84N2O26. The van der Waals surface area contributed by atoms with Gasteiger partial charge >= 0.3 is 0 Å². The van der Waals surface area contributed by atoms with Crippen LogP contribution in [0.3, 0.4) is 0 Å². The second-order valence-electron chi connectivity index (χ2n) is 21.8. The fourth-order valence-corrected chi connectivity index (χ4v) is 10.3. The van der Waals surface area contributed by atoms with Crippen molar-refractivity contribution in [2.45, 2.75) is 234 Å². The van der Waals surface area contributed by atoms with Crippen molar-refractivity contribution in [3.05, 3.63) is 36.0 Å². The lowest BCUT2D eigenvalue weighted by atomic mass is 9.74. The molecule has 79 heavy (non-hydrogen) atoms. The van der Waals surface area contributed by atoms with Gasteiger partial charge in [0.2, 0.25) is 0 Å². The molecule has 29 unspecified atom stereocenters. The van der Waals surface area contributed by atoms with Gasteiger partial charge in [0, 0.05) is 28.9 Å². The van der Waals surface area contributed by atoms with Gasteiger partial charge in [-0.3, -0.25) is 9.59 Å². The molecule has 0 radical (unpaired) electrons. The average Bonchev–Trinajstić information content (AvgIpc) is 3.54. The zero-order valence-corrected chi connectivity index (χ0v) is 45.4. The standard InChI is InChI=1S/C51H84N2O26/c1-10-23(44(69)53-46-37(65)35(63)41(27(16-55)74-46)78-50-42(29(57)20(6)24(11-2)75-50)79-49-39(67)33(61)31(59)22(8)72-49)13-12-19(5)43(68)52-45-36(64)34(62)40(26(15-54)73-45)77-47-25(14-28(56)51(9,17-70-47)18(3)4)76-48-38(66)32(60)30(58)21(7)71-48/h10,12-13,18,20-22,24-42,45-50,54-67H,5,11,14-17H2,1-4,6-9H3,(H,52,68)(H,53,69). The van der Waals surface area contributed by atoms with Gasteiger partial charge in [-0.1, -0.05) is 47.3 Å². The maximum Gasteiger partial charge on any atom is 0.253 e. The van der Waals surface area contributed by atoms with E-state index in [0.29, 0.717) is 6.42 Å². The van der Waals surface area contributed by atoms with Crippen LogP contribution in [0.15, 0.2) is 36.0 Å². The van der Waals surface area contributed by atoms with Gasteiger partial charge in [0.05, 0.1) is 50.3 Å². The van der Waals surface area contributed by atoms with Crippen LogP contribution in [-0.4, -0.2) is 269 Å². The summed E-state index contributed by atoms with van der Waals surface area (Å²) in [6.07, 6.45) is -37.1. The zero-order valence-electron chi connectivity index (χ0n) is 45.4. The molecule has 6 heterocycles. The van der Waals surface area contributed by atoms with E-state index in [9.17, 15) is 81.1 Å². The maximum absolute atomic E-state index is 13.6. The maximum atomic E-state index is 13.6. The lowest BCUT2D eigenvalue weighted by Gasteiger charge is -2.49. The molecule has 6 fully saturated rings. The third kappa shape index (κ3) is 14.2. The molecule has 28 nitrogen and oxygen atoms in total. The molecule has 29 atom stereocenters. The van der Waals surface area contributed by atoms with Crippen LogP contribution in [0.5, 0.6) is 0 Å². The van der Waals surface area contributed by atoms with Crippen LogP contribution in [0.1, 0.15) is 68.2 Å². The smallest absolute Gasteiger partial charge is 0.253 e. The van der Waals surface area contributed by atoms with Gasteiger partial charge in [-0.05, 0) is 45.3 Å². The van der Waals surface area contributed by atoms with E-state index in [1.807, 2.05) is 13.8 Å². The second-order valence-corrected chi connectivity index (χ2v) is 21.8. The minimum atomic E-state index is -1.93. The minimum Gasteiger partial charge on any atom is -0.394 e. The quantitative estimate of drug-likeness (QED) is 0.0449. The van der Waals surface area contributed by atoms with Gasteiger partial charge in [0.25, 0.3) is 11.8 Å². The molecule has 0 aromatic heterocycles. The van der Waals surface area contributed by atoms with Gasteiger partial charge in [-0.25, -0.2) is 0 Å². The summed E-state index contributed by atoms with van der Waals surface area (Å²) in [5, 5.41) is 157. The number of nitrogens with one attached hydrogen (secondary N) is 2. The molecular weight excluding hydrogens is 1060 g/mol. The minimum absolute atomic E-state index is 0.115. The molecule has 454 valence electrons. The first kappa shape index (κ1) is 65.4. The molecule has 28 heteroatoms. The first-order valence-electron chi connectivity index (χ1n) is 26.7. The van der Waals surface area contributed by atoms with Crippen LogP contribution in [0.2, 0.25) is 0 Å². The number of carbonyl (C=O) groups is 2. The topological polar surface area (TPSA) is 434 Å². The Kier molecular flexibility index (Phi) is 22.9. The van der Waals surface area contributed by atoms with Crippen LogP contribution in [0.4, 0.5) is 0 Å². The van der Waals surface area contributed by atoms with Gasteiger partial charge in [0.15, 0.2) is 37.6 Å². The van der Waals surface area contributed by atoms with Crippen LogP contribution >= 0.6 is 0 Å². The number of amides is 2. The van der Waals surface area contributed by atoms with Crippen LogP contribution in [0.25, 0.3) is 0 Å². The highest BCUT2D eigenvalue weighted by Gasteiger charge is 2.55. The molecule has 16 N–H and O–H groups in total. The van der Waals surface area contributed by atoms with Crippen molar-refractivity contribution in [1.29, 1.82) is 0 Å². The second kappa shape index (κ2) is 27.7. The van der Waals surface area contributed by atoms with Crippen molar-refractivity contribution in [2.24, 2.45) is 17.3 Å². The first-order valence-corrected chi connectivity index (χ1v) is 26.7. The highest BCUT2D eigenvalue weighted by molar-refractivity contribution is 5.99. The molecule has 0 aromatic carbocycles. The number of hydrogen-bond donors (Lipinski definition) is 16. The Morgan fingerprint density at radius 1 is 0.595 bits per heavy atom. The summed E-state index contributed by atoms with van der Waals surface area (Å²) in [5.41, 5.74) is -1.33. The van der Waals surface area contributed by atoms with Crippen molar-refractivity contribution in [3.63, 3.8) is 0 Å². The number of ether oxygens (including phenoxy) is 10. The molecule has 0 bridgehead atoms. The van der Waals surface area contributed by atoms with E-state index in [2.05, 4.69) is 17.2 Å². The van der Waals surface area contributed by atoms with Crippen molar-refractivity contribution < 1.29 is 128 Å². The molecule has 0 aliphatic carbocycles. The normalized spacial score (nSPS) is 47.4. The Balaban J connectivity index is 1.07. The average molecular weight is 1140 g/mol. The Labute approximate surface area is 457 Å². The largest absolute Gasteiger partial charge is 0.394 e. The fraction of sp³-hybridized carbons (Fsp3) is 0.843. The van der Waals surface area contributed by atoms with E-state index in [1.54, 1.807) is 20.8 Å². The molecule has 6 rings (SSSR count). The number of aliphatic hydroxyl groups excluding tert-OH is 14. The summed E-state index contributed by atoms with van der Waals surface area (Å²) in [5.74, 6) is -2.62. The van der Waals surface area contributed by atoms with Crippen molar-refractivity contribution in [3.8, 4) is 0 Å². The van der Waals surface area contributed by atoms with E-state index in [1.165, 1.54) is 26.8 Å². The highest BCUT2D eigenvalue weighted by atomic mass is 16.8. The molecule has 0 aromatic rings. The Morgan fingerprint density at radius 3 is 1.56 bits per heavy atom. The number of aliphatic hydroxyl groups is 14. The lowest BCUT2D eigenvalue weighted by Crippen LogP contribution is -2.66. The Bertz CT molecular complexity index is 2070. The van der Waals surface area contributed by atoms with E-state index in [0.717, 1.165) is 12.2 Å². The third-order valence-electron chi connectivity index (χ3n) is 16.2. The van der Waals surface area contributed by atoms with Crippen LogP contribution < -0.4 is 10.6 Å². The van der Waals surface area contributed by atoms with E-state index < -0.39 is 202 Å². The number of allylic oxidation sites excluding steroid dienone is 1. The number of carbonyl (C=O) groups excluding carboxylic acids is 2. The van der Waals surface area contributed by atoms with Gasteiger partial charge in [-0.15, -0.1) is 0 Å². The molecule has 0 saturated carbocycles. The van der Waals surface area contributed by atoms with Crippen molar-refractivity contribution >= 4 is 11.8 Å². The van der Waals surface area contributed by atoms with Gasteiger partial charge in [-0.2, -0.15) is 0 Å². The summed E-state index contributed by atoms with van der Waals surface area (Å²) >= 11 is 0. The monoisotopic (exact) mass is 1140 g/mol. The first-order chi connectivity index (χ1) is 37.1. The van der Waals surface area contributed by atoms with E-state index in [-0.39, 0.29) is 30.1 Å². The highest BCUT2D eigenvalue weighted by Crippen LogP contribution is 2.41. The Hall–Kier alpha value is -2.80. The lowest BCUT2D eigenvalue weighted by molar-refractivity contribution is -0.375. The zero-order chi connectivity index (χ0) is 58.7. The van der Waals surface area contributed by atoms with Crippen molar-refractivity contribution in [1.82, 2.24) is 10.6 Å². The number of rotatable bonds is 18. The van der Waals surface area contributed by atoms with Gasteiger partial charge < -0.3 is 129 Å². The van der Waals surface area contributed by atoms with E-state index >= 15 is 0 Å². The number of hydrogen-bond acceptors (Lipinski definition) is 26. The summed E-state index contributed by atoms with van der Waals surface area (Å²) in [6, 6.07) is 0. The Morgan fingerprint density at radius 2 is 1.08 bits per heavy atom. The summed E-state index contributed by atoms with van der Waals surface area (Å²) in [7, 11) is 0. The molecule has 6 aliphatic heterocycles. The van der Waals surface area contributed by atoms with Crippen LogP contribution in [0, 0.1) is 17.3 Å². The molecule has 0 spiro atoms. The SMILES string of the molecule is C=C(C=CC(=CC)C(=O)NC1OC(CO)C(OC2OC(CC)C(C)C(O)C2OC2OC(C)C(O)C(O)C2O)C(O)C1O)C(=O)NC1OC(CO)C(OC2OCC(C)(C(C)C)C(O)CC2OC2OC(C)C(O)C(O)C2O)C(O)C1O. The molecule has 2 amide bonds. The summed E-state index contributed by atoms with van der Waals surface area (Å²) < 4.78 is 59.3. The molecule has 6 saturated heterocycles. The third-order valence-corrected chi connectivity index (χ3v) is 16.2. The van der Waals surface area contributed by atoms with Gasteiger partial charge in [0.1, 0.15) is 97.7 Å². The van der Waals surface area contributed by atoms with Crippen LogP contribution in [-0.2, 0) is 57.0 Å². The predicted octanol–water partition coefficient (Wildman–Crippen LogP) is -5.75. The predicted molar refractivity (Wildman–Crippen MR) is 265 cm³/mol. The summed E-state index contributed by atoms with van der Waals surface area (Å²) in [4.78, 5) is 27.1. The van der Waals surface area contributed by atoms with E-state index in [4.69, 9.17) is 47.4 Å². The summed E-state index contributed by atoms with van der Waals surface area (Å²) in [6.45, 7) is 15.2. The van der Waals surface area contributed by atoms with Crippen molar-refractivity contribution in [2.75, 3.05) is 19.8 Å².